The van der Waals surface area contributed by atoms with Crippen LogP contribution >= 0.6 is 0 Å². The fraction of sp³-hybridized carbons (Fsp3) is 0.375. The molecule has 2 heteroatoms. The normalized spacial score (nSPS) is 12.4. The van der Waals surface area contributed by atoms with Gasteiger partial charge < -0.3 is 5.11 Å². The Morgan fingerprint density at radius 3 is 2.33 bits per heavy atom. The highest BCUT2D eigenvalue weighted by Gasteiger charge is 2.13. The first kappa shape index (κ1) is 14.7. The molecule has 0 aliphatic heterocycles. The fourth-order valence-electron chi connectivity index (χ4n) is 2.13. The topological polar surface area (TPSA) is 23.5 Å². The first-order chi connectivity index (χ1) is 8.58. The second-order valence-corrected chi connectivity index (χ2v) is 4.67. The zero-order valence-electron chi connectivity index (χ0n) is 11.4. The van der Waals surface area contributed by atoms with E-state index in [1.54, 1.807) is 0 Å². The molecular weight excluding hydrogens is 222 g/mol. The fourth-order valence-corrected chi connectivity index (χ4v) is 2.13. The van der Waals surface area contributed by atoms with E-state index in [4.69, 9.17) is 0 Å². The largest absolute Gasteiger partial charge is 0.387 e. The van der Waals surface area contributed by atoms with Crippen molar-refractivity contribution in [1.82, 2.24) is 4.90 Å². The smallest absolute Gasteiger partial charge is 0.0919 e. The van der Waals surface area contributed by atoms with E-state index in [1.807, 2.05) is 31.2 Å². The molecule has 0 bridgehead atoms. The maximum atomic E-state index is 10.3. The number of aliphatic hydroxyl groups excluding tert-OH is 1. The van der Waals surface area contributed by atoms with Crippen molar-refractivity contribution in [1.29, 1.82) is 0 Å². The molecule has 98 valence electrons. The van der Waals surface area contributed by atoms with Crippen LogP contribution in [0.3, 0.4) is 0 Å². The molecular formula is C16H23NO. The molecule has 0 aromatic heterocycles. The van der Waals surface area contributed by atoms with Crippen LogP contribution in [0.25, 0.3) is 0 Å². The van der Waals surface area contributed by atoms with E-state index in [2.05, 4.69) is 31.0 Å². The van der Waals surface area contributed by atoms with Gasteiger partial charge in [-0.15, -0.1) is 13.2 Å². The number of aryl methyl sites for hydroxylation is 2. The van der Waals surface area contributed by atoms with Crippen LogP contribution in [0.15, 0.2) is 43.5 Å². The molecule has 1 atom stereocenters. The van der Waals surface area contributed by atoms with Crippen LogP contribution in [0, 0.1) is 13.8 Å². The summed E-state index contributed by atoms with van der Waals surface area (Å²) >= 11 is 0. The third-order valence-electron chi connectivity index (χ3n) is 2.99. The van der Waals surface area contributed by atoms with E-state index in [1.165, 1.54) is 5.56 Å². The van der Waals surface area contributed by atoms with Gasteiger partial charge in [0.25, 0.3) is 0 Å². The lowest BCUT2D eigenvalue weighted by molar-refractivity contribution is 0.125. The molecule has 18 heavy (non-hydrogen) atoms. The van der Waals surface area contributed by atoms with Gasteiger partial charge in [0.05, 0.1) is 6.10 Å². The maximum absolute atomic E-state index is 10.3. The van der Waals surface area contributed by atoms with Gasteiger partial charge in [0.15, 0.2) is 0 Å². The van der Waals surface area contributed by atoms with E-state index >= 15 is 0 Å². The summed E-state index contributed by atoms with van der Waals surface area (Å²) in [6, 6.07) is 6.15. The van der Waals surface area contributed by atoms with Gasteiger partial charge in [0.2, 0.25) is 0 Å². The van der Waals surface area contributed by atoms with Gasteiger partial charge in [-0.3, -0.25) is 4.90 Å². The van der Waals surface area contributed by atoms with Gasteiger partial charge in [-0.05, 0) is 25.0 Å². The first-order valence-electron chi connectivity index (χ1n) is 6.27. The number of hydrogen-bond donors (Lipinski definition) is 1. The van der Waals surface area contributed by atoms with Crippen LogP contribution in [0.5, 0.6) is 0 Å². The average Bonchev–Trinajstić information content (AvgIpc) is 2.29. The van der Waals surface area contributed by atoms with Crippen LogP contribution in [-0.4, -0.2) is 29.6 Å². The lowest BCUT2D eigenvalue weighted by Crippen LogP contribution is -2.29. The average molecular weight is 245 g/mol. The Hall–Kier alpha value is -1.38. The Kier molecular flexibility index (Phi) is 5.83. The van der Waals surface area contributed by atoms with Gasteiger partial charge in [-0.25, -0.2) is 0 Å². The quantitative estimate of drug-likeness (QED) is 0.746. The Morgan fingerprint density at radius 1 is 1.22 bits per heavy atom. The molecule has 1 aromatic rings. The van der Waals surface area contributed by atoms with Crippen LogP contribution in [-0.2, 0) is 0 Å². The molecule has 2 nitrogen and oxygen atoms in total. The van der Waals surface area contributed by atoms with Crippen LogP contribution in [0.1, 0.15) is 22.8 Å². The highest BCUT2D eigenvalue weighted by molar-refractivity contribution is 5.32. The summed E-state index contributed by atoms with van der Waals surface area (Å²) in [5.41, 5.74) is 3.36. The summed E-state index contributed by atoms with van der Waals surface area (Å²) in [4.78, 5) is 2.12. The standard InChI is InChI=1S/C16H23NO/c1-5-9-17(10-6-2)12-16(18)15-8-7-13(3)11-14(15)4/h5-8,11,16,18H,1-2,9-10,12H2,3-4H3. The number of benzene rings is 1. The van der Waals surface area contributed by atoms with Crippen molar-refractivity contribution in [3.8, 4) is 0 Å². The van der Waals surface area contributed by atoms with E-state index in [-0.39, 0.29) is 0 Å². The van der Waals surface area contributed by atoms with Crippen LogP contribution in [0.4, 0.5) is 0 Å². The monoisotopic (exact) mass is 245 g/mol. The molecule has 0 heterocycles. The lowest BCUT2D eigenvalue weighted by atomic mass is 10.0. The Labute approximate surface area is 110 Å². The minimum Gasteiger partial charge on any atom is -0.387 e. The lowest BCUT2D eigenvalue weighted by Gasteiger charge is -2.23. The molecule has 0 fully saturated rings. The van der Waals surface area contributed by atoms with Gasteiger partial charge in [-0.2, -0.15) is 0 Å². The summed E-state index contributed by atoms with van der Waals surface area (Å²) in [7, 11) is 0. The SMILES string of the molecule is C=CCN(CC=C)CC(O)c1ccc(C)cc1C. The third-order valence-corrected chi connectivity index (χ3v) is 2.99. The van der Waals surface area contributed by atoms with Gasteiger partial charge >= 0.3 is 0 Å². The van der Waals surface area contributed by atoms with Gasteiger partial charge in [-0.1, -0.05) is 35.9 Å². The Bertz CT molecular complexity index is 402. The second kappa shape index (κ2) is 7.14. The molecule has 0 radical (unpaired) electrons. The number of hydrogen-bond acceptors (Lipinski definition) is 2. The molecule has 1 aromatic carbocycles. The highest BCUT2D eigenvalue weighted by Crippen LogP contribution is 2.19. The molecule has 0 aliphatic rings. The minimum atomic E-state index is -0.467. The van der Waals surface area contributed by atoms with E-state index < -0.39 is 6.10 Å². The minimum absolute atomic E-state index is 0.467. The predicted molar refractivity (Wildman–Crippen MR) is 77.7 cm³/mol. The number of rotatable bonds is 7. The zero-order valence-corrected chi connectivity index (χ0v) is 11.4. The summed E-state index contributed by atoms with van der Waals surface area (Å²) in [5, 5.41) is 10.3. The predicted octanol–water partition coefficient (Wildman–Crippen LogP) is 3.01. The van der Waals surface area contributed by atoms with Crippen LogP contribution in [0.2, 0.25) is 0 Å². The highest BCUT2D eigenvalue weighted by atomic mass is 16.3. The molecule has 1 N–H and O–H groups in total. The van der Waals surface area contributed by atoms with Crippen molar-refractivity contribution in [2.45, 2.75) is 20.0 Å². The van der Waals surface area contributed by atoms with Crippen molar-refractivity contribution >= 4 is 0 Å². The van der Waals surface area contributed by atoms with Crippen molar-refractivity contribution in [2.24, 2.45) is 0 Å². The third kappa shape index (κ3) is 4.13. The van der Waals surface area contributed by atoms with Crippen molar-refractivity contribution < 1.29 is 5.11 Å². The molecule has 0 amide bonds. The summed E-state index contributed by atoms with van der Waals surface area (Å²) in [6.07, 6.45) is 3.22. The Balaban J connectivity index is 2.75. The second-order valence-electron chi connectivity index (χ2n) is 4.67. The van der Waals surface area contributed by atoms with E-state index in [0.717, 1.165) is 24.2 Å². The number of aliphatic hydroxyl groups is 1. The molecule has 0 spiro atoms. The zero-order chi connectivity index (χ0) is 13.5. The Morgan fingerprint density at radius 2 is 1.83 bits per heavy atom. The van der Waals surface area contributed by atoms with E-state index in [0.29, 0.717) is 6.54 Å². The molecule has 0 saturated heterocycles. The molecule has 1 rings (SSSR count). The first-order valence-corrected chi connectivity index (χ1v) is 6.27. The van der Waals surface area contributed by atoms with Gasteiger partial charge in [0, 0.05) is 19.6 Å². The summed E-state index contributed by atoms with van der Waals surface area (Å²) < 4.78 is 0. The van der Waals surface area contributed by atoms with Crippen LogP contribution < -0.4 is 0 Å². The molecule has 0 saturated carbocycles. The summed E-state index contributed by atoms with van der Waals surface area (Å²) in [5.74, 6) is 0. The van der Waals surface area contributed by atoms with Crippen molar-refractivity contribution in [3.05, 3.63) is 60.2 Å². The van der Waals surface area contributed by atoms with Gasteiger partial charge in [0.1, 0.15) is 0 Å². The summed E-state index contributed by atoms with van der Waals surface area (Å²) in [6.45, 7) is 13.7. The molecule has 1 unspecified atom stereocenters. The van der Waals surface area contributed by atoms with E-state index in [9.17, 15) is 5.11 Å². The molecule has 0 aliphatic carbocycles. The number of nitrogens with zero attached hydrogens (tertiary/aromatic N) is 1. The van der Waals surface area contributed by atoms with Crippen molar-refractivity contribution in [2.75, 3.05) is 19.6 Å². The van der Waals surface area contributed by atoms with Crippen molar-refractivity contribution in [3.63, 3.8) is 0 Å². The maximum Gasteiger partial charge on any atom is 0.0919 e.